The van der Waals surface area contributed by atoms with Crippen molar-refractivity contribution in [2.45, 2.75) is 50.1 Å². The Morgan fingerprint density at radius 1 is 1.11 bits per heavy atom. The maximum absolute atomic E-state index is 13.9. The van der Waals surface area contributed by atoms with Crippen LogP contribution in [0.15, 0.2) is 54.6 Å². The molecule has 198 valence electrons. The van der Waals surface area contributed by atoms with Crippen LogP contribution in [-0.2, 0) is 25.8 Å². The number of benzene rings is 2. The molecule has 11 nitrogen and oxygen atoms in total. The van der Waals surface area contributed by atoms with Crippen LogP contribution < -0.4 is 10.6 Å². The summed E-state index contributed by atoms with van der Waals surface area (Å²) in [6.07, 6.45) is 1.34. The van der Waals surface area contributed by atoms with Crippen LogP contribution in [0, 0.1) is 11.8 Å². The van der Waals surface area contributed by atoms with E-state index in [0.717, 1.165) is 5.52 Å². The number of fused-ring (bicyclic) bond motifs is 2. The van der Waals surface area contributed by atoms with E-state index >= 15 is 0 Å². The van der Waals surface area contributed by atoms with E-state index in [4.69, 9.17) is 4.74 Å². The molecule has 3 aromatic rings. The molecular weight excluding hydrogens is 488 g/mol. The van der Waals surface area contributed by atoms with E-state index in [1.165, 1.54) is 4.90 Å². The number of para-hydroxylation sites is 2. The first-order valence-electron chi connectivity index (χ1n) is 12.9. The van der Waals surface area contributed by atoms with E-state index in [1.54, 1.807) is 16.8 Å². The second kappa shape index (κ2) is 9.17. The van der Waals surface area contributed by atoms with Crippen molar-refractivity contribution in [3.63, 3.8) is 0 Å². The highest BCUT2D eigenvalue weighted by Crippen LogP contribution is 2.63. The fourth-order valence-electron chi connectivity index (χ4n) is 6.63. The van der Waals surface area contributed by atoms with Crippen LogP contribution in [0.2, 0.25) is 0 Å². The van der Waals surface area contributed by atoms with E-state index in [-0.39, 0.29) is 37.5 Å². The molecule has 0 radical (unpaired) electrons. The molecule has 2 bridgehead atoms. The maximum atomic E-state index is 13.9. The van der Waals surface area contributed by atoms with E-state index in [2.05, 4.69) is 20.9 Å². The van der Waals surface area contributed by atoms with E-state index in [0.29, 0.717) is 30.5 Å². The number of hydrogen-bond donors (Lipinski definition) is 3. The van der Waals surface area contributed by atoms with Crippen molar-refractivity contribution in [1.29, 1.82) is 0 Å². The molecule has 0 aliphatic carbocycles. The fourth-order valence-corrected chi connectivity index (χ4v) is 6.63. The molecule has 2 unspecified atom stereocenters. The Kier molecular flexibility index (Phi) is 5.92. The number of amides is 3. The Labute approximate surface area is 219 Å². The standard InChI is InChI=1S/C27H30N6O5/c1-26-12-13-27(38-26)21(20(26)23(35)29-17-8-3-2-4-9-17)25(37)32(14-7-15-34)22(27)24(36)28-16-33-19-11-6-5-10-18(19)30-31-33/h2-6,8-11,20-22,34H,7,12-16H2,1H3,(H,28,36)(H,29,35)/t20-,21+,22?,26+,27?/m1/s1. The van der Waals surface area contributed by atoms with Crippen molar-refractivity contribution < 1.29 is 24.2 Å². The molecule has 3 aliphatic heterocycles. The molecule has 1 aromatic heterocycles. The largest absolute Gasteiger partial charge is 0.396 e. The predicted molar refractivity (Wildman–Crippen MR) is 136 cm³/mol. The van der Waals surface area contributed by atoms with Crippen molar-refractivity contribution in [1.82, 2.24) is 25.2 Å². The van der Waals surface area contributed by atoms with Crippen LogP contribution in [0.3, 0.4) is 0 Å². The maximum Gasteiger partial charge on any atom is 0.247 e. The van der Waals surface area contributed by atoms with Gasteiger partial charge in [-0.05, 0) is 50.5 Å². The van der Waals surface area contributed by atoms with Gasteiger partial charge in [-0.1, -0.05) is 35.5 Å². The van der Waals surface area contributed by atoms with Crippen molar-refractivity contribution in [3.8, 4) is 0 Å². The molecule has 11 heteroatoms. The van der Waals surface area contributed by atoms with Gasteiger partial charge in [-0.2, -0.15) is 0 Å². The Bertz CT molecular complexity index is 1390. The van der Waals surface area contributed by atoms with E-state index < -0.39 is 29.1 Å². The topological polar surface area (TPSA) is 139 Å². The number of nitrogens with one attached hydrogen (secondary N) is 2. The second-order valence-corrected chi connectivity index (χ2v) is 10.5. The Balaban J connectivity index is 1.30. The quantitative estimate of drug-likeness (QED) is 0.408. The number of nitrogens with zero attached hydrogens (tertiary/aromatic N) is 4. The van der Waals surface area contributed by atoms with Crippen LogP contribution in [0.5, 0.6) is 0 Å². The molecular formula is C27H30N6O5. The third-order valence-corrected chi connectivity index (χ3v) is 8.23. The number of aromatic nitrogens is 3. The Morgan fingerprint density at radius 2 is 1.87 bits per heavy atom. The van der Waals surface area contributed by atoms with Gasteiger partial charge < -0.3 is 25.4 Å². The Morgan fingerprint density at radius 3 is 2.66 bits per heavy atom. The summed E-state index contributed by atoms with van der Waals surface area (Å²) < 4.78 is 8.17. The highest BCUT2D eigenvalue weighted by molar-refractivity contribution is 6.02. The van der Waals surface area contributed by atoms with Crippen LogP contribution in [0.1, 0.15) is 26.2 Å². The van der Waals surface area contributed by atoms with Crippen LogP contribution in [-0.4, -0.2) is 73.1 Å². The molecule has 5 atom stereocenters. The van der Waals surface area contributed by atoms with Crippen molar-refractivity contribution >= 4 is 34.4 Å². The average molecular weight is 519 g/mol. The van der Waals surface area contributed by atoms with Crippen LogP contribution >= 0.6 is 0 Å². The third-order valence-electron chi connectivity index (χ3n) is 8.23. The lowest BCUT2D eigenvalue weighted by atomic mass is 9.66. The Hall–Kier alpha value is -3.83. The summed E-state index contributed by atoms with van der Waals surface area (Å²) in [5.74, 6) is -2.52. The molecule has 4 heterocycles. The summed E-state index contributed by atoms with van der Waals surface area (Å²) in [5.41, 5.74) is 0.109. The van der Waals surface area contributed by atoms with Gasteiger partial charge >= 0.3 is 0 Å². The highest BCUT2D eigenvalue weighted by atomic mass is 16.5. The minimum atomic E-state index is -1.13. The number of carbonyl (C=O) groups excluding carboxylic acids is 3. The number of anilines is 1. The van der Waals surface area contributed by atoms with Gasteiger partial charge in [0.25, 0.3) is 0 Å². The van der Waals surface area contributed by atoms with E-state index in [9.17, 15) is 19.5 Å². The third kappa shape index (κ3) is 3.68. The number of aliphatic hydroxyl groups excluding tert-OH is 1. The molecule has 3 N–H and O–H groups in total. The van der Waals surface area contributed by atoms with Gasteiger partial charge in [0.1, 0.15) is 23.8 Å². The van der Waals surface area contributed by atoms with Gasteiger partial charge in [-0.15, -0.1) is 5.10 Å². The van der Waals surface area contributed by atoms with Gasteiger partial charge in [-0.25, -0.2) is 4.68 Å². The second-order valence-electron chi connectivity index (χ2n) is 10.5. The van der Waals surface area contributed by atoms with Crippen molar-refractivity contribution in [2.24, 2.45) is 11.8 Å². The predicted octanol–water partition coefficient (Wildman–Crippen LogP) is 1.29. The molecule has 0 saturated carbocycles. The summed E-state index contributed by atoms with van der Waals surface area (Å²) >= 11 is 0. The number of rotatable bonds is 8. The summed E-state index contributed by atoms with van der Waals surface area (Å²) in [5, 5.41) is 23.6. The van der Waals surface area contributed by atoms with Gasteiger partial charge in [0, 0.05) is 18.8 Å². The monoisotopic (exact) mass is 518 g/mol. The molecule has 38 heavy (non-hydrogen) atoms. The molecule has 3 fully saturated rings. The summed E-state index contributed by atoms with van der Waals surface area (Å²) in [6.45, 7) is 1.98. The summed E-state index contributed by atoms with van der Waals surface area (Å²) in [7, 11) is 0. The molecule has 3 saturated heterocycles. The van der Waals surface area contributed by atoms with Gasteiger partial charge in [0.15, 0.2) is 0 Å². The van der Waals surface area contributed by atoms with Gasteiger partial charge in [0.2, 0.25) is 17.7 Å². The van der Waals surface area contributed by atoms with Crippen LogP contribution in [0.4, 0.5) is 5.69 Å². The van der Waals surface area contributed by atoms with Crippen molar-refractivity contribution in [3.05, 3.63) is 54.6 Å². The lowest BCUT2D eigenvalue weighted by Crippen LogP contribution is -2.55. The minimum absolute atomic E-state index is 0.0633. The number of carbonyl (C=O) groups is 3. The molecule has 2 aromatic carbocycles. The zero-order valence-electron chi connectivity index (χ0n) is 21.0. The first-order chi connectivity index (χ1) is 18.4. The normalized spacial score (nSPS) is 29.6. The number of ether oxygens (including phenoxy) is 1. The summed E-state index contributed by atoms with van der Waals surface area (Å²) in [6, 6.07) is 15.6. The lowest BCUT2D eigenvalue weighted by Gasteiger charge is -2.33. The molecule has 6 rings (SSSR count). The minimum Gasteiger partial charge on any atom is -0.396 e. The lowest BCUT2D eigenvalue weighted by molar-refractivity contribution is -0.145. The zero-order chi connectivity index (χ0) is 26.5. The summed E-state index contributed by atoms with van der Waals surface area (Å²) in [4.78, 5) is 42.7. The SMILES string of the molecule is C[C@@]12CCC3(O1)C(C(=O)NCn1nnc4ccccc41)N(CCCO)C(=O)[C@@H]3[C@@H]2C(=O)Nc1ccccc1. The van der Waals surface area contributed by atoms with Crippen LogP contribution in [0.25, 0.3) is 11.0 Å². The first kappa shape index (κ1) is 24.5. The number of aliphatic hydroxyl groups is 1. The van der Waals surface area contributed by atoms with E-state index in [1.807, 2.05) is 49.4 Å². The average Bonchev–Trinajstić information content (AvgIpc) is 3.62. The highest BCUT2D eigenvalue weighted by Gasteiger charge is 2.77. The fraction of sp³-hybridized carbons (Fsp3) is 0.444. The smallest absolute Gasteiger partial charge is 0.247 e. The van der Waals surface area contributed by atoms with Gasteiger partial charge in [-0.3, -0.25) is 14.4 Å². The van der Waals surface area contributed by atoms with Crippen molar-refractivity contribution in [2.75, 3.05) is 18.5 Å². The zero-order valence-corrected chi connectivity index (χ0v) is 21.0. The first-order valence-corrected chi connectivity index (χ1v) is 12.9. The van der Waals surface area contributed by atoms with Gasteiger partial charge in [0.05, 0.1) is 23.0 Å². The molecule has 3 amide bonds. The molecule has 1 spiro atoms. The molecule has 3 aliphatic rings. The number of likely N-dealkylation sites (tertiary alicyclic amines) is 1. The number of hydrogen-bond acceptors (Lipinski definition) is 7.